The van der Waals surface area contributed by atoms with Gasteiger partial charge in [0.15, 0.2) is 5.71 Å². The molecule has 0 radical (unpaired) electrons. The number of hydrazone groups is 1. The van der Waals surface area contributed by atoms with Crippen LogP contribution < -0.4 is 15.5 Å². The van der Waals surface area contributed by atoms with Gasteiger partial charge in [0.2, 0.25) is 0 Å². The lowest BCUT2D eigenvalue weighted by Crippen LogP contribution is -2.26. The van der Waals surface area contributed by atoms with Crippen LogP contribution in [0.1, 0.15) is 27.2 Å². The Kier molecular flexibility index (Phi) is 5.88. The van der Waals surface area contributed by atoms with Crippen molar-refractivity contribution in [2.45, 2.75) is 13.5 Å². The lowest BCUT2D eigenvalue weighted by molar-refractivity contribution is -0.253. The number of carbonyl (C=O) groups excluding carboxylic acids is 2. The Balaban J connectivity index is 1.83. The van der Waals surface area contributed by atoms with Gasteiger partial charge in [-0.25, -0.2) is 9.68 Å². The Labute approximate surface area is 192 Å². The molecule has 0 bridgehead atoms. The summed E-state index contributed by atoms with van der Waals surface area (Å²) in [7, 11) is 1.52. The van der Waals surface area contributed by atoms with E-state index in [0.29, 0.717) is 28.2 Å². The van der Waals surface area contributed by atoms with E-state index in [-0.39, 0.29) is 29.1 Å². The van der Waals surface area contributed by atoms with Crippen LogP contribution in [0.25, 0.3) is 17.0 Å². The smallest absolute Gasteiger partial charge is 0.337 e. The zero-order chi connectivity index (χ0) is 24.6. The van der Waals surface area contributed by atoms with Gasteiger partial charge in [0.05, 0.1) is 23.9 Å². The number of rotatable bonds is 7. The van der Waals surface area contributed by atoms with Gasteiger partial charge in [-0.1, -0.05) is 6.07 Å². The van der Waals surface area contributed by atoms with Crippen molar-refractivity contribution in [3.8, 4) is 5.75 Å². The van der Waals surface area contributed by atoms with E-state index in [0.717, 1.165) is 10.4 Å². The summed E-state index contributed by atoms with van der Waals surface area (Å²) in [5.41, 5.74) is 6.14. The number of aryl methyl sites for hydroxylation is 1. The maximum atomic E-state index is 13.3. The van der Waals surface area contributed by atoms with Crippen molar-refractivity contribution in [3.05, 3.63) is 64.4 Å². The van der Waals surface area contributed by atoms with Crippen molar-refractivity contribution < 1.29 is 38.8 Å². The first kappa shape index (κ1) is 22.7. The predicted molar refractivity (Wildman–Crippen MR) is 120 cm³/mol. The number of fused-ring (bicyclic) bond motifs is 1. The highest BCUT2D eigenvalue weighted by atomic mass is 17.1. The predicted octanol–water partition coefficient (Wildman–Crippen LogP) is 2.71. The number of aromatic carboxylic acids is 1. The minimum atomic E-state index is -1.32. The first-order valence-electron chi connectivity index (χ1n) is 9.89. The number of anilines is 1. The molecule has 0 saturated heterocycles. The molecule has 0 spiro atoms. The number of nitrogens with two attached hydrogens (primary N) is 1. The van der Waals surface area contributed by atoms with E-state index in [2.05, 4.69) is 9.99 Å². The van der Waals surface area contributed by atoms with E-state index in [4.69, 9.17) is 20.1 Å². The van der Waals surface area contributed by atoms with Gasteiger partial charge in [-0.2, -0.15) is 10.1 Å². The summed E-state index contributed by atoms with van der Waals surface area (Å²) >= 11 is 0. The first-order valence-corrected chi connectivity index (χ1v) is 9.89. The van der Waals surface area contributed by atoms with E-state index < -0.39 is 17.8 Å². The zero-order valence-corrected chi connectivity index (χ0v) is 18.1. The van der Waals surface area contributed by atoms with Gasteiger partial charge < -0.3 is 20.0 Å². The number of nitrogens with zero attached hydrogens (tertiary/aromatic N) is 2. The fourth-order valence-electron chi connectivity index (χ4n) is 3.61. The van der Waals surface area contributed by atoms with E-state index in [1.807, 2.05) is 0 Å². The Morgan fingerprint density at radius 1 is 1.24 bits per heavy atom. The quantitative estimate of drug-likeness (QED) is 0.272. The van der Waals surface area contributed by atoms with Crippen LogP contribution in [0.3, 0.4) is 0 Å². The lowest BCUT2D eigenvalue weighted by Gasteiger charge is -2.15. The molecule has 0 unspecified atom stereocenters. The summed E-state index contributed by atoms with van der Waals surface area (Å²) in [6, 6.07) is 9.19. The van der Waals surface area contributed by atoms with Crippen LogP contribution in [0.15, 0.2) is 51.5 Å². The summed E-state index contributed by atoms with van der Waals surface area (Å²) in [5, 5.41) is 23.9. The number of amides is 2. The molecule has 1 aromatic heterocycles. The second-order valence-electron chi connectivity index (χ2n) is 7.37. The maximum Gasteiger partial charge on any atom is 0.337 e. The molecule has 0 aliphatic carbocycles. The standard InChI is InChI=1S/C23H19N3O8/c1-11-14-6-4-13(32-2)8-19(14)34-18(11)9-16-20(21(24)27)25-26(22(16)28)17-7-12(10-33-31)3-5-15(17)23(29)30/h3-9,31H,10H2,1-2H3,(H2,24,27)(H,29,30). The highest BCUT2D eigenvalue weighted by molar-refractivity contribution is 6.55. The number of ether oxygens (including phenoxy) is 1. The summed E-state index contributed by atoms with van der Waals surface area (Å²) in [6.45, 7) is 1.52. The molecule has 0 atom stereocenters. The third kappa shape index (κ3) is 3.89. The molecule has 2 heterocycles. The number of carboxylic acid groups (broad SMARTS) is 1. The second kappa shape index (κ2) is 8.81. The van der Waals surface area contributed by atoms with E-state index in [9.17, 15) is 19.5 Å². The summed E-state index contributed by atoms with van der Waals surface area (Å²) in [6.07, 6.45) is 1.34. The SMILES string of the molecule is COc1ccc2c(C)c(C=C3C(=O)N(c4cc(COO)ccc4C(=O)O)N=C3C(N)=O)oc2c1. The van der Waals surface area contributed by atoms with Crippen LogP contribution in [0, 0.1) is 6.92 Å². The maximum absolute atomic E-state index is 13.3. The van der Waals surface area contributed by atoms with Crippen molar-refractivity contribution in [2.75, 3.05) is 12.1 Å². The molecule has 0 fully saturated rings. The van der Waals surface area contributed by atoms with Gasteiger partial charge in [0, 0.05) is 17.0 Å². The van der Waals surface area contributed by atoms with Gasteiger partial charge in [-0.05, 0) is 42.8 Å². The van der Waals surface area contributed by atoms with Crippen LogP contribution in [0.4, 0.5) is 5.69 Å². The molecule has 2 aromatic carbocycles. The van der Waals surface area contributed by atoms with Gasteiger partial charge in [-0.15, -0.1) is 0 Å². The fourth-order valence-corrected chi connectivity index (χ4v) is 3.61. The minimum Gasteiger partial charge on any atom is -0.497 e. The molecule has 2 amide bonds. The molecule has 11 heteroatoms. The normalized spacial score (nSPS) is 14.7. The Hall–Kier alpha value is -4.48. The summed E-state index contributed by atoms with van der Waals surface area (Å²) in [5.74, 6) is -2.21. The largest absolute Gasteiger partial charge is 0.497 e. The fraction of sp³-hybridized carbons (Fsp3) is 0.130. The van der Waals surface area contributed by atoms with Gasteiger partial charge in [0.1, 0.15) is 23.7 Å². The van der Waals surface area contributed by atoms with Crippen molar-refractivity contribution in [2.24, 2.45) is 10.8 Å². The monoisotopic (exact) mass is 465 g/mol. The van der Waals surface area contributed by atoms with Crippen molar-refractivity contribution >= 4 is 46.2 Å². The van der Waals surface area contributed by atoms with Gasteiger partial charge in [-0.3, -0.25) is 14.8 Å². The Morgan fingerprint density at radius 3 is 2.65 bits per heavy atom. The molecule has 4 rings (SSSR count). The van der Waals surface area contributed by atoms with Crippen molar-refractivity contribution in [3.63, 3.8) is 0 Å². The van der Waals surface area contributed by atoms with E-state index >= 15 is 0 Å². The third-order valence-electron chi connectivity index (χ3n) is 5.32. The summed E-state index contributed by atoms with van der Waals surface area (Å²) < 4.78 is 11.1. The average molecular weight is 465 g/mol. The van der Waals surface area contributed by atoms with Crippen LogP contribution in [0.5, 0.6) is 5.75 Å². The number of hydrogen-bond donors (Lipinski definition) is 3. The van der Waals surface area contributed by atoms with E-state index in [1.54, 1.807) is 25.1 Å². The number of furan rings is 1. The minimum absolute atomic E-state index is 0.125. The summed E-state index contributed by atoms with van der Waals surface area (Å²) in [4.78, 5) is 41.2. The molecule has 3 aromatic rings. The third-order valence-corrected chi connectivity index (χ3v) is 5.32. The average Bonchev–Trinajstić information content (AvgIpc) is 3.30. The molecular weight excluding hydrogens is 446 g/mol. The first-order chi connectivity index (χ1) is 16.2. The molecule has 4 N–H and O–H groups in total. The number of methoxy groups -OCH3 is 1. The number of benzene rings is 2. The zero-order valence-electron chi connectivity index (χ0n) is 18.1. The molecule has 0 saturated carbocycles. The molecule has 1 aliphatic heterocycles. The van der Waals surface area contributed by atoms with Crippen molar-refractivity contribution in [1.29, 1.82) is 0 Å². The van der Waals surface area contributed by atoms with E-state index in [1.165, 1.54) is 31.4 Å². The lowest BCUT2D eigenvalue weighted by atomic mass is 10.1. The van der Waals surface area contributed by atoms with Crippen molar-refractivity contribution in [1.82, 2.24) is 0 Å². The Bertz CT molecular complexity index is 1400. The second-order valence-corrected chi connectivity index (χ2v) is 7.37. The highest BCUT2D eigenvalue weighted by Gasteiger charge is 2.36. The topological polar surface area (TPSA) is 165 Å². The molecular formula is C23H19N3O8. The molecule has 174 valence electrons. The number of carboxylic acids is 1. The van der Waals surface area contributed by atoms with Crippen LogP contribution in [-0.2, 0) is 21.1 Å². The Morgan fingerprint density at radius 2 is 2.00 bits per heavy atom. The highest BCUT2D eigenvalue weighted by Crippen LogP contribution is 2.33. The van der Waals surface area contributed by atoms with Crippen LogP contribution in [0.2, 0.25) is 0 Å². The molecule has 11 nitrogen and oxygen atoms in total. The molecule has 34 heavy (non-hydrogen) atoms. The number of hydrogen-bond acceptors (Lipinski definition) is 8. The van der Waals surface area contributed by atoms with Gasteiger partial charge >= 0.3 is 5.97 Å². The number of primary amides is 1. The molecule has 1 aliphatic rings. The van der Waals surface area contributed by atoms with Gasteiger partial charge in [0.25, 0.3) is 11.8 Å². The number of carbonyl (C=O) groups is 3. The van der Waals surface area contributed by atoms with Crippen LogP contribution >= 0.6 is 0 Å². The van der Waals surface area contributed by atoms with Crippen LogP contribution in [-0.4, -0.2) is 41.0 Å².